The van der Waals surface area contributed by atoms with Crippen molar-refractivity contribution in [2.45, 2.75) is 6.92 Å². The van der Waals surface area contributed by atoms with Crippen LogP contribution in [0.3, 0.4) is 0 Å². The summed E-state index contributed by atoms with van der Waals surface area (Å²) in [6, 6.07) is 13.5. The third-order valence-electron chi connectivity index (χ3n) is 4.04. The van der Waals surface area contributed by atoms with Crippen molar-refractivity contribution in [2.75, 3.05) is 0 Å². The Labute approximate surface area is 164 Å². The highest BCUT2D eigenvalue weighted by atomic mass is 32.1. The van der Waals surface area contributed by atoms with Crippen LogP contribution in [0.1, 0.15) is 11.3 Å². The molecule has 138 valence electrons. The number of pyridine rings is 1. The molecule has 0 aliphatic carbocycles. The number of rotatable bonds is 4. The van der Waals surface area contributed by atoms with Gasteiger partial charge in [0.2, 0.25) is 4.77 Å². The minimum atomic E-state index is -0.374. The predicted octanol–water partition coefficient (Wildman–Crippen LogP) is 2.74. The molecule has 0 spiro atoms. The Hall–Kier alpha value is -3.72. The van der Waals surface area contributed by atoms with Crippen molar-refractivity contribution in [2.24, 2.45) is 5.10 Å². The van der Waals surface area contributed by atoms with Gasteiger partial charge in [0.1, 0.15) is 11.4 Å². The third-order valence-corrected chi connectivity index (χ3v) is 4.31. The van der Waals surface area contributed by atoms with Gasteiger partial charge in [-0.1, -0.05) is 18.2 Å². The minimum absolute atomic E-state index is 0.118. The van der Waals surface area contributed by atoms with Crippen molar-refractivity contribution < 1.29 is 0 Å². The molecule has 0 fully saturated rings. The van der Waals surface area contributed by atoms with Gasteiger partial charge in [0.05, 0.1) is 11.9 Å². The molecule has 3 aromatic heterocycles. The van der Waals surface area contributed by atoms with Crippen molar-refractivity contribution in [3.8, 4) is 16.9 Å². The summed E-state index contributed by atoms with van der Waals surface area (Å²) in [4.78, 5) is 16.3. The molecule has 3 heterocycles. The Kier molecular flexibility index (Phi) is 4.73. The molecule has 1 aromatic carbocycles. The summed E-state index contributed by atoms with van der Waals surface area (Å²) in [5.41, 5.74) is 3.14. The quantitative estimate of drug-likeness (QED) is 0.428. The number of aryl methyl sites for hydroxylation is 1. The zero-order chi connectivity index (χ0) is 19.5. The van der Waals surface area contributed by atoms with Crippen LogP contribution in [0.25, 0.3) is 16.9 Å². The number of nitrogens with one attached hydrogen (secondary N) is 1. The largest absolute Gasteiger partial charge is 0.296 e. The Balaban J connectivity index is 1.84. The van der Waals surface area contributed by atoms with Gasteiger partial charge in [0.25, 0.3) is 5.56 Å². The normalized spacial score (nSPS) is 11.2. The lowest BCUT2D eigenvalue weighted by Gasteiger charge is -2.00. The number of H-pyrrole nitrogens is 1. The first-order chi connectivity index (χ1) is 13.6. The lowest BCUT2D eigenvalue weighted by molar-refractivity contribution is 0.720. The summed E-state index contributed by atoms with van der Waals surface area (Å²) >= 11 is 5.12. The molecule has 0 bridgehead atoms. The number of aromatic nitrogens is 6. The van der Waals surface area contributed by atoms with Crippen LogP contribution in [0.5, 0.6) is 0 Å². The monoisotopic (exact) mass is 389 g/mol. The minimum Gasteiger partial charge on any atom is -0.265 e. The van der Waals surface area contributed by atoms with Gasteiger partial charge in [-0.3, -0.25) is 14.9 Å². The van der Waals surface area contributed by atoms with Crippen LogP contribution in [0.15, 0.2) is 71.0 Å². The number of benzene rings is 1. The van der Waals surface area contributed by atoms with E-state index in [1.807, 2.05) is 48.7 Å². The molecule has 9 heteroatoms. The molecule has 4 rings (SSSR count). The standard InChI is InChI=1S/C19H15N7OS/c1-13-18(27)26(19(28)23-22-13)21-11-15-12-25(16-5-3-2-4-6-16)24-17(15)14-7-9-20-10-8-14/h2-12H,1H3,(H,23,28)/b21-11-. The summed E-state index contributed by atoms with van der Waals surface area (Å²) in [5, 5.41) is 15.4. The molecule has 0 atom stereocenters. The summed E-state index contributed by atoms with van der Waals surface area (Å²) in [7, 11) is 0. The fourth-order valence-electron chi connectivity index (χ4n) is 2.63. The zero-order valence-electron chi connectivity index (χ0n) is 14.9. The molecule has 1 N–H and O–H groups in total. The Morgan fingerprint density at radius 1 is 1.14 bits per heavy atom. The third kappa shape index (κ3) is 3.42. The molecule has 28 heavy (non-hydrogen) atoms. The van der Waals surface area contributed by atoms with Crippen LogP contribution in [-0.2, 0) is 0 Å². The maximum Gasteiger partial charge on any atom is 0.296 e. The van der Waals surface area contributed by atoms with Gasteiger partial charge in [-0.05, 0) is 43.4 Å². The second-order valence-corrected chi connectivity index (χ2v) is 6.31. The molecule has 0 unspecified atom stereocenters. The van der Waals surface area contributed by atoms with Crippen LogP contribution >= 0.6 is 12.2 Å². The second-order valence-electron chi connectivity index (χ2n) is 5.92. The molecule has 0 saturated heterocycles. The number of para-hydroxylation sites is 1. The van der Waals surface area contributed by atoms with E-state index < -0.39 is 0 Å². The zero-order valence-corrected chi connectivity index (χ0v) is 15.7. The van der Waals surface area contributed by atoms with Crippen molar-refractivity contribution in [1.29, 1.82) is 0 Å². The average molecular weight is 389 g/mol. The molecule has 0 radical (unpaired) electrons. The van der Waals surface area contributed by atoms with Gasteiger partial charge in [0, 0.05) is 29.7 Å². The van der Waals surface area contributed by atoms with Crippen LogP contribution in [0.4, 0.5) is 0 Å². The molecule has 0 saturated carbocycles. The molecule has 0 aliphatic heterocycles. The van der Waals surface area contributed by atoms with Crippen molar-refractivity contribution >= 4 is 18.4 Å². The number of nitrogens with zero attached hydrogens (tertiary/aromatic N) is 6. The van der Waals surface area contributed by atoms with Crippen LogP contribution in [-0.4, -0.2) is 35.9 Å². The topological polar surface area (TPSA) is 93.8 Å². The van der Waals surface area contributed by atoms with Gasteiger partial charge in [-0.2, -0.15) is 20.0 Å². The van der Waals surface area contributed by atoms with Crippen LogP contribution < -0.4 is 5.56 Å². The fourth-order valence-corrected chi connectivity index (χ4v) is 2.80. The van der Waals surface area contributed by atoms with E-state index in [4.69, 9.17) is 12.2 Å². The van der Waals surface area contributed by atoms with Gasteiger partial charge >= 0.3 is 0 Å². The van der Waals surface area contributed by atoms with E-state index in [2.05, 4.69) is 25.4 Å². The van der Waals surface area contributed by atoms with E-state index in [9.17, 15) is 4.79 Å². The van der Waals surface area contributed by atoms with Crippen molar-refractivity contribution in [1.82, 2.24) is 29.6 Å². The summed E-state index contributed by atoms with van der Waals surface area (Å²) in [6.07, 6.45) is 6.81. The number of aromatic amines is 1. The Morgan fingerprint density at radius 3 is 2.64 bits per heavy atom. The second kappa shape index (κ2) is 7.49. The van der Waals surface area contributed by atoms with E-state index in [0.29, 0.717) is 5.69 Å². The van der Waals surface area contributed by atoms with Crippen LogP contribution in [0, 0.1) is 11.7 Å². The number of hydrogen-bond donors (Lipinski definition) is 1. The lowest BCUT2D eigenvalue weighted by Crippen LogP contribution is -2.22. The SMILES string of the molecule is Cc1n[nH]c(=S)n(/N=C\c2cn(-c3ccccc3)nc2-c2ccncc2)c1=O. The maximum atomic E-state index is 12.3. The van der Waals surface area contributed by atoms with E-state index in [1.165, 1.54) is 0 Å². The van der Waals surface area contributed by atoms with Gasteiger partial charge < -0.3 is 0 Å². The highest BCUT2D eigenvalue weighted by Crippen LogP contribution is 2.22. The molecule has 4 aromatic rings. The van der Waals surface area contributed by atoms with Crippen LogP contribution in [0.2, 0.25) is 0 Å². The predicted molar refractivity (Wildman–Crippen MR) is 108 cm³/mol. The summed E-state index contributed by atoms with van der Waals surface area (Å²) < 4.78 is 2.99. The fraction of sp³-hybridized carbons (Fsp3) is 0.0526. The van der Waals surface area contributed by atoms with Crippen molar-refractivity contribution in [3.63, 3.8) is 0 Å². The van der Waals surface area contributed by atoms with Gasteiger partial charge in [-0.25, -0.2) is 4.68 Å². The highest BCUT2D eigenvalue weighted by Gasteiger charge is 2.11. The van der Waals surface area contributed by atoms with E-state index in [1.54, 1.807) is 30.2 Å². The summed E-state index contributed by atoms with van der Waals surface area (Å²) in [6.45, 7) is 1.59. The molecule has 0 amide bonds. The molecule has 0 aliphatic rings. The van der Waals surface area contributed by atoms with Crippen molar-refractivity contribution in [3.05, 3.63) is 87.4 Å². The highest BCUT2D eigenvalue weighted by molar-refractivity contribution is 7.71. The van der Waals surface area contributed by atoms with Gasteiger partial charge in [0.15, 0.2) is 0 Å². The summed E-state index contributed by atoms with van der Waals surface area (Å²) in [5.74, 6) is 0. The Bertz CT molecular complexity index is 1260. The lowest BCUT2D eigenvalue weighted by atomic mass is 10.1. The first-order valence-corrected chi connectivity index (χ1v) is 8.82. The first-order valence-electron chi connectivity index (χ1n) is 8.41. The smallest absolute Gasteiger partial charge is 0.265 e. The molecular formula is C19H15N7OS. The first kappa shape index (κ1) is 17.7. The maximum absolute atomic E-state index is 12.3. The molecule has 8 nitrogen and oxygen atoms in total. The van der Waals surface area contributed by atoms with E-state index in [-0.39, 0.29) is 16.0 Å². The van der Waals surface area contributed by atoms with Gasteiger partial charge in [-0.15, -0.1) is 0 Å². The number of hydrogen-bond acceptors (Lipinski definition) is 6. The van der Waals surface area contributed by atoms with E-state index >= 15 is 0 Å². The Morgan fingerprint density at radius 2 is 1.89 bits per heavy atom. The average Bonchev–Trinajstić information content (AvgIpc) is 3.16. The van der Waals surface area contributed by atoms with E-state index in [0.717, 1.165) is 21.5 Å². The molecular weight excluding hydrogens is 374 g/mol.